The Morgan fingerprint density at radius 2 is 2.21 bits per heavy atom. The average molecular weight is 327 g/mol. The van der Waals surface area contributed by atoms with Gasteiger partial charge < -0.3 is 9.80 Å². The molecule has 7 nitrogen and oxygen atoms in total. The molecular weight excluding hydrogens is 306 g/mol. The summed E-state index contributed by atoms with van der Waals surface area (Å²) in [5, 5.41) is 19.5. The smallest absolute Gasteiger partial charge is 0.292 e. The second-order valence-electron chi connectivity index (χ2n) is 6.15. The van der Waals surface area contributed by atoms with Crippen LogP contribution in [0.3, 0.4) is 0 Å². The number of hydrogen-bond acceptors (Lipinski definition) is 6. The first-order valence-electron chi connectivity index (χ1n) is 8.07. The predicted molar refractivity (Wildman–Crippen MR) is 93.5 cm³/mol. The summed E-state index contributed by atoms with van der Waals surface area (Å²) in [6.45, 7) is 3.56. The number of nitrogens with zero attached hydrogens (tertiary/aromatic N) is 5. The van der Waals surface area contributed by atoms with E-state index in [1.807, 2.05) is 37.1 Å². The monoisotopic (exact) mass is 327 g/mol. The zero-order valence-electron chi connectivity index (χ0n) is 13.9. The fourth-order valence-electron chi connectivity index (χ4n) is 3.47. The minimum absolute atomic E-state index is 0.154. The maximum Gasteiger partial charge on any atom is 0.292 e. The number of aromatic nitrogens is 2. The Morgan fingerprint density at radius 1 is 1.38 bits per heavy atom. The molecule has 3 rings (SSSR count). The van der Waals surface area contributed by atoms with Crippen molar-refractivity contribution in [3.8, 4) is 0 Å². The molecule has 1 atom stereocenters. The van der Waals surface area contributed by atoms with Gasteiger partial charge in [0.25, 0.3) is 5.69 Å². The third-order valence-electron chi connectivity index (χ3n) is 4.51. The van der Waals surface area contributed by atoms with E-state index < -0.39 is 0 Å². The van der Waals surface area contributed by atoms with Gasteiger partial charge in [-0.3, -0.25) is 10.1 Å². The van der Waals surface area contributed by atoms with E-state index >= 15 is 0 Å². The molecule has 126 valence electrons. The van der Waals surface area contributed by atoms with Crippen molar-refractivity contribution >= 4 is 17.2 Å². The number of benzene rings is 1. The number of rotatable bonds is 5. The van der Waals surface area contributed by atoms with E-state index in [1.54, 1.807) is 18.3 Å². The summed E-state index contributed by atoms with van der Waals surface area (Å²) < 4.78 is 0. The van der Waals surface area contributed by atoms with Crippen molar-refractivity contribution in [2.75, 3.05) is 29.9 Å². The Kier molecular flexibility index (Phi) is 4.59. The molecule has 1 aromatic heterocycles. The standard InChI is InChI=1S/C17H21N5O2/c1-13-6-3-8-15(22(23)24)17(13)20(2)12-14-7-5-11-21(14)16-9-4-10-18-19-16/h3-4,6,8-10,14H,5,7,11-12H2,1-2H3. The molecule has 1 aliphatic rings. The molecule has 0 N–H and O–H groups in total. The van der Waals surface area contributed by atoms with Crippen LogP contribution in [0.15, 0.2) is 36.5 Å². The SMILES string of the molecule is Cc1cccc([N+](=O)[O-])c1N(C)CC1CCCN1c1cccnn1. The topological polar surface area (TPSA) is 75.4 Å². The van der Waals surface area contributed by atoms with Gasteiger partial charge in [0.2, 0.25) is 0 Å². The van der Waals surface area contributed by atoms with Crippen LogP contribution < -0.4 is 9.80 Å². The highest BCUT2D eigenvalue weighted by Gasteiger charge is 2.29. The lowest BCUT2D eigenvalue weighted by atomic mass is 10.1. The van der Waals surface area contributed by atoms with Gasteiger partial charge in [-0.25, -0.2) is 0 Å². The molecule has 1 aromatic carbocycles. The molecule has 0 aliphatic carbocycles. The minimum Gasteiger partial charge on any atom is -0.367 e. The Bertz CT molecular complexity index is 722. The summed E-state index contributed by atoms with van der Waals surface area (Å²) in [4.78, 5) is 15.3. The molecular formula is C17H21N5O2. The summed E-state index contributed by atoms with van der Waals surface area (Å²) in [6.07, 6.45) is 3.79. The van der Waals surface area contributed by atoms with Gasteiger partial charge in [0.05, 0.1) is 4.92 Å². The Morgan fingerprint density at radius 3 is 2.92 bits per heavy atom. The second-order valence-corrected chi connectivity index (χ2v) is 6.15. The van der Waals surface area contributed by atoms with E-state index in [-0.39, 0.29) is 16.7 Å². The molecule has 1 fully saturated rings. The van der Waals surface area contributed by atoms with Crippen LogP contribution in [-0.4, -0.2) is 41.3 Å². The Balaban J connectivity index is 1.82. The third kappa shape index (κ3) is 3.15. The molecule has 0 bridgehead atoms. The summed E-state index contributed by atoms with van der Waals surface area (Å²) in [5.41, 5.74) is 1.76. The zero-order chi connectivity index (χ0) is 17.1. The molecule has 1 unspecified atom stereocenters. The number of nitro groups is 1. The lowest BCUT2D eigenvalue weighted by molar-refractivity contribution is -0.384. The van der Waals surface area contributed by atoms with Crippen molar-refractivity contribution < 1.29 is 4.92 Å². The van der Waals surface area contributed by atoms with Crippen LogP contribution in [0.5, 0.6) is 0 Å². The van der Waals surface area contributed by atoms with Gasteiger partial charge in [-0.15, -0.1) is 5.10 Å². The van der Waals surface area contributed by atoms with Crippen molar-refractivity contribution in [3.63, 3.8) is 0 Å². The number of para-hydroxylation sites is 1. The van der Waals surface area contributed by atoms with Gasteiger partial charge in [-0.05, 0) is 37.5 Å². The maximum atomic E-state index is 11.4. The van der Waals surface area contributed by atoms with Crippen LogP contribution in [0, 0.1) is 17.0 Å². The number of hydrogen-bond donors (Lipinski definition) is 0. The maximum absolute atomic E-state index is 11.4. The van der Waals surface area contributed by atoms with Gasteiger partial charge in [0, 0.05) is 38.4 Å². The van der Waals surface area contributed by atoms with Crippen molar-refractivity contribution in [1.29, 1.82) is 0 Å². The third-order valence-corrected chi connectivity index (χ3v) is 4.51. The average Bonchev–Trinajstić information content (AvgIpc) is 3.03. The fourth-order valence-corrected chi connectivity index (χ4v) is 3.47. The van der Waals surface area contributed by atoms with Gasteiger partial charge in [-0.1, -0.05) is 12.1 Å². The lowest BCUT2D eigenvalue weighted by Crippen LogP contribution is -2.39. The lowest BCUT2D eigenvalue weighted by Gasteiger charge is -2.30. The number of anilines is 2. The zero-order valence-corrected chi connectivity index (χ0v) is 13.9. The van der Waals surface area contributed by atoms with Crippen LogP contribution in [-0.2, 0) is 0 Å². The van der Waals surface area contributed by atoms with Crippen LogP contribution in [0.25, 0.3) is 0 Å². The molecule has 1 aliphatic heterocycles. The first kappa shape index (κ1) is 16.2. The first-order chi connectivity index (χ1) is 11.6. The van der Waals surface area contributed by atoms with Gasteiger partial charge in [0.1, 0.15) is 5.69 Å². The Hall–Kier alpha value is -2.70. The quantitative estimate of drug-likeness (QED) is 0.621. The highest BCUT2D eigenvalue weighted by molar-refractivity contribution is 5.67. The largest absolute Gasteiger partial charge is 0.367 e. The van der Waals surface area contributed by atoms with Gasteiger partial charge >= 0.3 is 0 Å². The van der Waals surface area contributed by atoms with Crippen molar-refractivity contribution in [1.82, 2.24) is 10.2 Å². The second kappa shape index (κ2) is 6.82. The highest BCUT2D eigenvalue weighted by Crippen LogP contribution is 2.32. The summed E-state index contributed by atoms with van der Waals surface area (Å²) in [6, 6.07) is 9.31. The molecule has 2 heterocycles. The minimum atomic E-state index is -0.312. The number of likely N-dealkylation sites (N-methyl/N-ethyl adjacent to an activating group) is 1. The molecule has 0 amide bonds. The van der Waals surface area contributed by atoms with E-state index in [0.717, 1.165) is 30.8 Å². The molecule has 1 saturated heterocycles. The highest BCUT2D eigenvalue weighted by atomic mass is 16.6. The number of nitro benzene ring substituents is 1. The van der Waals surface area contributed by atoms with Crippen LogP contribution in [0.4, 0.5) is 17.2 Å². The van der Waals surface area contributed by atoms with Crippen LogP contribution >= 0.6 is 0 Å². The normalized spacial score (nSPS) is 17.1. The summed E-state index contributed by atoms with van der Waals surface area (Å²) >= 11 is 0. The van der Waals surface area contributed by atoms with E-state index in [4.69, 9.17) is 0 Å². The van der Waals surface area contributed by atoms with E-state index in [0.29, 0.717) is 12.2 Å². The van der Waals surface area contributed by atoms with E-state index in [9.17, 15) is 10.1 Å². The number of aryl methyl sites for hydroxylation is 1. The predicted octanol–water partition coefficient (Wildman–Crippen LogP) is 2.80. The van der Waals surface area contributed by atoms with Crippen molar-refractivity contribution in [2.45, 2.75) is 25.8 Å². The molecule has 7 heteroatoms. The summed E-state index contributed by atoms with van der Waals surface area (Å²) in [7, 11) is 1.92. The van der Waals surface area contributed by atoms with E-state index in [1.165, 1.54) is 0 Å². The molecule has 0 spiro atoms. The molecule has 0 radical (unpaired) electrons. The molecule has 2 aromatic rings. The van der Waals surface area contributed by atoms with Crippen LogP contribution in [0.1, 0.15) is 18.4 Å². The van der Waals surface area contributed by atoms with Crippen LogP contribution in [0.2, 0.25) is 0 Å². The van der Waals surface area contributed by atoms with E-state index in [2.05, 4.69) is 15.1 Å². The first-order valence-corrected chi connectivity index (χ1v) is 8.07. The van der Waals surface area contributed by atoms with Gasteiger partial charge in [-0.2, -0.15) is 5.10 Å². The molecule has 0 saturated carbocycles. The molecule has 24 heavy (non-hydrogen) atoms. The Labute approximate surface area is 141 Å². The summed E-state index contributed by atoms with van der Waals surface area (Å²) in [5.74, 6) is 0.868. The van der Waals surface area contributed by atoms with Crippen molar-refractivity contribution in [3.05, 3.63) is 52.2 Å². The van der Waals surface area contributed by atoms with Gasteiger partial charge in [0.15, 0.2) is 5.82 Å². The fraction of sp³-hybridized carbons (Fsp3) is 0.412. The van der Waals surface area contributed by atoms with Crippen molar-refractivity contribution in [2.24, 2.45) is 0 Å².